The van der Waals surface area contributed by atoms with E-state index in [4.69, 9.17) is 21.5 Å². The van der Waals surface area contributed by atoms with Gasteiger partial charge in [-0.1, -0.05) is 140 Å². The zero-order chi connectivity index (χ0) is 28.3. The topological polar surface area (TPSA) is 43.0 Å². The third-order valence-corrected chi connectivity index (χ3v) is 7.37. The molecule has 1 aromatic heterocycles. The van der Waals surface area contributed by atoms with Crippen molar-refractivity contribution >= 4 is 16.5 Å². The lowest BCUT2D eigenvalue weighted by molar-refractivity contribution is 1.07. The Morgan fingerprint density at radius 3 is 1.52 bits per heavy atom. The number of para-hydroxylation sites is 1. The zero-order valence-corrected chi connectivity index (χ0v) is 22.6. The summed E-state index contributed by atoms with van der Waals surface area (Å²) >= 11 is 0. The maximum atomic E-state index is 7.59. The summed E-state index contributed by atoms with van der Waals surface area (Å²) in [4.78, 5) is 18.2. The molecule has 0 fully saturated rings. The molecule has 0 spiro atoms. The highest BCUT2D eigenvalue weighted by atomic mass is 15.0. The second-order valence-electron chi connectivity index (χ2n) is 9.99. The monoisotopic (exact) mass is 536 g/mol. The first kappa shape index (κ1) is 25.1. The predicted molar refractivity (Wildman–Crippen MR) is 171 cm³/mol. The van der Waals surface area contributed by atoms with Gasteiger partial charge in [-0.25, -0.2) is 19.8 Å². The van der Waals surface area contributed by atoms with Crippen molar-refractivity contribution in [2.24, 2.45) is 0 Å². The molecule has 0 amide bonds. The summed E-state index contributed by atoms with van der Waals surface area (Å²) in [6.07, 6.45) is 0. The SMILES string of the molecule is [C-]#[N+]c1ccccc1-c1cccc2cc(-c3ccc(-c4nc(-c5ccccc5)nc(-c5ccccc5)n4)cc3)ccc12. The molecule has 7 aromatic rings. The Labute approximate surface area is 244 Å². The molecule has 7 rings (SSSR count). The van der Waals surface area contributed by atoms with Crippen LogP contribution in [-0.4, -0.2) is 15.0 Å². The van der Waals surface area contributed by atoms with E-state index in [-0.39, 0.29) is 0 Å². The van der Waals surface area contributed by atoms with E-state index < -0.39 is 0 Å². The Bertz CT molecular complexity index is 2020. The van der Waals surface area contributed by atoms with Crippen molar-refractivity contribution in [3.05, 3.63) is 157 Å². The summed E-state index contributed by atoms with van der Waals surface area (Å²) in [6, 6.07) is 48.9. The molecule has 0 bridgehead atoms. The van der Waals surface area contributed by atoms with Crippen LogP contribution in [0.25, 0.3) is 72.0 Å². The van der Waals surface area contributed by atoms with Crippen LogP contribution in [0.5, 0.6) is 0 Å². The van der Waals surface area contributed by atoms with Crippen LogP contribution in [0.2, 0.25) is 0 Å². The van der Waals surface area contributed by atoms with Crippen LogP contribution < -0.4 is 0 Å². The summed E-state index contributed by atoms with van der Waals surface area (Å²) < 4.78 is 0. The highest BCUT2D eigenvalue weighted by Gasteiger charge is 2.13. The lowest BCUT2D eigenvalue weighted by Gasteiger charge is -2.11. The second-order valence-corrected chi connectivity index (χ2v) is 9.99. The minimum atomic E-state index is 0.635. The van der Waals surface area contributed by atoms with Crippen molar-refractivity contribution in [1.82, 2.24) is 15.0 Å². The Morgan fingerprint density at radius 2 is 0.905 bits per heavy atom. The van der Waals surface area contributed by atoms with Gasteiger partial charge in [0.05, 0.1) is 6.57 Å². The van der Waals surface area contributed by atoms with E-state index in [2.05, 4.69) is 65.5 Å². The van der Waals surface area contributed by atoms with Gasteiger partial charge in [-0.05, 0) is 39.1 Å². The third kappa shape index (κ3) is 4.81. The molecule has 0 N–H and O–H groups in total. The fourth-order valence-electron chi connectivity index (χ4n) is 5.25. The number of hydrogen-bond donors (Lipinski definition) is 0. The Balaban J connectivity index is 1.26. The van der Waals surface area contributed by atoms with E-state index in [9.17, 15) is 0 Å². The molecule has 6 aromatic carbocycles. The molecule has 0 saturated carbocycles. The highest BCUT2D eigenvalue weighted by molar-refractivity contribution is 6.01. The molecule has 0 saturated heterocycles. The number of rotatable bonds is 5. The van der Waals surface area contributed by atoms with E-state index in [1.807, 2.05) is 84.9 Å². The summed E-state index contributed by atoms with van der Waals surface area (Å²) in [7, 11) is 0. The Morgan fingerprint density at radius 1 is 0.405 bits per heavy atom. The van der Waals surface area contributed by atoms with E-state index >= 15 is 0 Å². The van der Waals surface area contributed by atoms with Crippen molar-refractivity contribution in [3.63, 3.8) is 0 Å². The van der Waals surface area contributed by atoms with Crippen molar-refractivity contribution in [1.29, 1.82) is 0 Å². The number of benzene rings is 6. The molecule has 42 heavy (non-hydrogen) atoms. The average Bonchev–Trinajstić information content (AvgIpc) is 3.08. The first-order valence-electron chi connectivity index (χ1n) is 13.7. The van der Waals surface area contributed by atoms with Gasteiger partial charge in [0.15, 0.2) is 23.2 Å². The maximum Gasteiger partial charge on any atom is 0.194 e. The van der Waals surface area contributed by atoms with Crippen LogP contribution >= 0.6 is 0 Å². The van der Waals surface area contributed by atoms with Crippen LogP contribution in [0.15, 0.2) is 146 Å². The van der Waals surface area contributed by atoms with Gasteiger partial charge in [0.25, 0.3) is 0 Å². The molecule has 0 aliphatic carbocycles. The lowest BCUT2D eigenvalue weighted by atomic mass is 9.94. The van der Waals surface area contributed by atoms with Gasteiger partial charge >= 0.3 is 0 Å². The van der Waals surface area contributed by atoms with Crippen LogP contribution in [0.3, 0.4) is 0 Å². The number of hydrogen-bond acceptors (Lipinski definition) is 3. The molecule has 196 valence electrons. The molecule has 0 aliphatic rings. The van der Waals surface area contributed by atoms with Gasteiger partial charge in [0, 0.05) is 16.7 Å². The zero-order valence-electron chi connectivity index (χ0n) is 22.6. The fraction of sp³-hybridized carbons (Fsp3) is 0. The summed E-state index contributed by atoms with van der Waals surface area (Å²) in [5.74, 6) is 1.93. The third-order valence-electron chi connectivity index (χ3n) is 7.37. The Hall–Kier alpha value is -5.92. The standard InChI is InChI=1S/C38H24N4/c1-39-35-18-9-8-16-34(35)33-17-10-15-31-25-30(23-24-32(31)33)26-19-21-29(22-20-26)38-41-36(27-11-4-2-5-12-27)40-37(42-38)28-13-6-3-7-14-28/h2-25H. The van der Waals surface area contributed by atoms with E-state index in [0.29, 0.717) is 23.2 Å². The first-order chi connectivity index (χ1) is 20.8. The number of nitrogens with zero attached hydrogens (tertiary/aromatic N) is 4. The van der Waals surface area contributed by atoms with E-state index in [1.54, 1.807) is 0 Å². The van der Waals surface area contributed by atoms with Crippen LogP contribution in [0, 0.1) is 6.57 Å². The van der Waals surface area contributed by atoms with Gasteiger partial charge in [0.2, 0.25) is 0 Å². The van der Waals surface area contributed by atoms with Crippen molar-refractivity contribution in [3.8, 4) is 56.4 Å². The van der Waals surface area contributed by atoms with Gasteiger partial charge in [-0.2, -0.15) is 0 Å². The van der Waals surface area contributed by atoms with Crippen LogP contribution in [-0.2, 0) is 0 Å². The molecule has 4 nitrogen and oxygen atoms in total. The van der Waals surface area contributed by atoms with E-state index in [0.717, 1.165) is 49.7 Å². The molecule has 0 aliphatic heterocycles. The Kier molecular flexibility index (Phi) is 6.52. The molecule has 4 heteroatoms. The molecule has 0 unspecified atom stereocenters. The second kappa shape index (κ2) is 10.9. The van der Waals surface area contributed by atoms with Gasteiger partial charge in [-0.3, -0.25) is 0 Å². The summed E-state index contributed by atoms with van der Waals surface area (Å²) in [5, 5.41) is 2.26. The minimum Gasteiger partial charge on any atom is -0.238 e. The fourth-order valence-corrected chi connectivity index (χ4v) is 5.25. The smallest absolute Gasteiger partial charge is 0.194 e. The number of aromatic nitrogens is 3. The highest BCUT2D eigenvalue weighted by Crippen LogP contribution is 2.37. The normalized spacial score (nSPS) is 10.8. The summed E-state index contributed by atoms with van der Waals surface area (Å²) in [5.41, 5.74) is 7.73. The molecular weight excluding hydrogens is 512 g/mol. The van der Waals surface area contributed by atoms with Crippen molar-refractivity contribution < 1.29 is 0 Å². The molecule has 1 heterocycles. The van der Waals surface area contributed by atoms with Crippen molar-refractivity contribution in [2.75, 3.05) is 0 Å². The van der Waals surface area contributed by atoms with Crippen LogP contribution in [0.1, 0.15) is 0 Å². The van der Waals surface area contributed by atoms with E-state index in [1.165, 1.54) is 0 Å². The molecular formula is C38H24N4. The number of fused-ring (bicyclic) bond motifs is 1. The van der Waals surface area contributed by atoms with Gasteiger partial charge in [-0.15, -0.1) is 0 Å². The largest absolute Gasteiger partial charge is 0.238 e. The average molecular weight is 537 g/mol. The molecule has 0 atom stereocenters. The van der Waals surface area contributed by atoms with Crippen molar-refractivity contribution in [2.45, 2.75) is 0 Å². The first-order valence-corrected chi connectivity index (χ1v) is 13.7. The van der Waals surface area contributed by atoms with Gasteiger partial charge < -0.3 is 0 Å². The molecule has 0 radical (unpaired) electrons. The van der Waals surface area contributed by atoms with Crippen LogP contribution in [0.4, 0.5) is 5.69 Å². The maximum absolute atomic E-state index is 7.59. The predicted octanol–water partition coefficient (Wildman–Crippen LogP) is 9.91. The quantitative estimate of drug-likeness (QED) is 0.206. The lowest BCUT2D eigenvalue weighted by Crippen LogP contribution is -2.00. The van der Waals surface area contributed by atoms with Gasteiger partial charge in [0.1, 0.15) is 0 Å². The minimum absolute atomic E-state index is 0.635. The summed E-state index contributed by atoms with van der Waals surface area (Å²) in [6.45, 7) is 7.59.